The highest BCUT2D eigenvalue weighted by Crippen LogP contribution is 2.30. The summed E-state index contributed by atoms with van der Waals surface area (Å²) in [5.41, 5.74) is 0.976. The first-order valence-electron chi connectivity index (χ1n) is 7.03. The number of nitro benzene ring substituents is 1. The Kier molecular flexibility index (Phi) is 4.24. The Hall–Kier alpha value is -3.22. The Labute approximate surface area is 135 Å². The molecule has 0 aliphatic heterocycles. The Morgan fingerprint density at radius 1 is 1.04 bits per heavy atom. The molecular weight excluding hydrogens is 318 g/mol. The van der Waals surface area contributed by atoms with Crippen LogP contribution in [-0.4, -0.2) is 9.49 Å². The van der Waals surface area contributed by atoms with Gasteiger partial charge in [-0.25, -0.2) is 8.78 Å². The van der Waals surface area contributed by atoms with Crippen molar-refractivity contribution in [1.29, 1.82) is 0 Å². The van der Waals surface area contributed by atoms with E-state index in [4.69, 9.17) is 4.74 Å². The van der Waals surface area contributed by atoms with Crippen LogP contribution in [0.15, 0.2) is 60.9 Å². The van der Waals surface area contributed by atoms with Crippen molar-refractivity contribution < 1.29 is 18.4 Å². The van der Waals surface area contributed by atoms with Gasteiger partial charge in [0, 0.05) is 30.2 Å². The van der Waals surface area contributed by atoms with Crippen molar-refractivity contribution in [3.63, 3.8) is 0 Å². The van der Waals surface area contributed by atoms with Gasteiger partial charge in [0.1, 0.15) is 6.61 Å². The van der Waals surface area contributed by atoms with Crippen molar-refractivity contribution in [1.82, 2.24) is 4.57 Å². The van der Waals surface area contributed by atoms with Crippen LogP contribution in [0.25, 0.3) is 5.69 Å². The predicted octanol–water partition coefficient (Wildman–Crippen LogP) is 4.24. The summed E-state index contributed by atoms with van der Waals surface area (Å²) in [6.07, 6.45) is 1.91. The number of nitro groups is 1. The summed E-state index contributed by atoms with van der Waals surface area (Å²) in [5.74, 6) is -1.98. The molecule has 5 nitrogen and oxygen atoms in total. The molecule has 0 aliphatic rings. The van der Waals surface area contributed by atoms with Gasteiger partial charge in [0.15, 0.2) is 17.4 Å². The molecule has 0 radical (unpaired) electrons. The molecule has 122 valence electrons. The van der Waals surface area contributed by atoms with E-state index in [2.05, 4.69) is 0 Å². The van der Waals surface area contributed by atoms with Crippen LogP contribution in [0.4, 0.5) is 14.5 Å². The molecule has 7 heteroatoms. The Morgan fingerprint density at radius 3 is 2.33 bits per heavy atom. The molecule has 1 heterocycles. The quantitative estimate of drug-likeness (QED) is 0.519. The average Bonchev–Trinajstić information content (AvgIpc) is 2.92. The minimum atomic E-state index is -1.000. The maximum absolute atomic E-state index is 13.2. The van der Waals surface area contributed by atoms with Crippen LogP contribution < -0.4 is 4.74 Å². The average molecular weight is 330 g/mol. The van der Waals surface area contributed by atoms with Gasteiger partial charge in [-0.1, -0.05) is 30.3 Å². The normalized spacial score (nSPS) is 10.6. The number of aromatic nitrogens is 1. The summed E-state index contributed by atoms with van der Waals surface area (Å²) < 4.78 is 33.1. The van der Waals surface area contributed by atoms with Crippen LogP contribution in [0, 0.1) is 21.7 Å². The van der Waals surface area contributed by atoms with E-state index in [1.54, 1.807) is 0 Å². The Bertz CT molecular complexity index is 859. The van der Waals surface area contributed by atoms with Crippen molar-refractivity contribution in [3.05, 3.63) is 88.2 Å². The van der Waals surface area contributed by atoms with Gasteiger partial charge in [-0.05, 0) is 11.6 Å². The molecule has 2 aromatic carbocycles. The maximum Gasteiger partial charge on any atom is 0.311 e. The van der Waals surface area contributed by atoms with Crippen LogP contribution in [0.5, 0.6) is 5.75 Å². The van der Waals surface area contributed by atoms with Gasteiger partial charge in [0.25, 0.3) is 0 Å². The van der Waals surface area contributed by atoms with Crippen molar-refractivity contribution in [2.24, 2.45) is 0 Å². The molecule has 0 atom stereocenters. The minimum absolute atomic E-state index is 0.0240. The van der Waals surface area contributed by atoms with Crippen molar-refractivity contribution in [2.45, 2.75) is 6.61 Å². The minimum Gasteiger partial charge on any atom is -0.482 e. The van der Waals surface area contributed by atoms with E-state index in [1.165, 1.54) is 22.8 Å². The fourth-order valence-electron chi connectivity index (χ4n) is 2.22. The molecule has 0 spiro atoms. The molecular formula is C17H12F2N2O3. The highest BCUT2D eigenvalue weighted by molar-refractivity contribution is 5.53. The number of ether oxygens (including phenoxy) is 1. The lowest BCUT2D eigenvalue weighted by atomic mass is 10.2. The van der Waals surface area contributed by atoms with E-state index < -0.39 is 16.6 Å². The number of rotatable bonds is 5. The second-order valence-electron chi connectivity index (χ2n) is 5.04. The summed E-state index contributed by atoms with van der Waals surface area (Å²) >= 11 is 0. The predicted molar refractivity (Wildman–Crippen MR) is 83.1 cm³/mol. The molecule has 0 N–H and O–H groups in total. The zero-order valence-corrected chi connectivity index (χ0v) is 12.4. The summed E-state index contributed by atoms with van der Waals surface area (Å²) in [7, 11) is 0. The molecule has 3 rings (SSSR count). The third-order valence-corrected chi connectivity index (χ3v) is 3.41. The van der Waals surface area contributed by atoms with Gasteiger partial charge in [-0.2, -0.15) is 0 Å². The van der Waals surface area contributed by atoms with Crippen molar-refractivity contribution in [3.8, 4) is 11.4 Å². The van der Waals surface area contributed by atoms with Gasteiger partial charge in [0.2, 0.25) is 0 Å². The second-order valence-corrected chi connectivity index (χ2v) is 5.04. The van der Waals surface area contributed by atoms with Crippen LogP contribution in [0.3, 0.4) is 0 Å². The topological polar surface area (TPSA) is 57.3 Å². The van der Waals surface area contributed by atoms with E-state index in [1.807, 2.05) is 30.3 Å². The molecule has 0 bridgehead atoms. The highest BCUT2D eigenvalue weighted by Gasteiger charge is 2.17. The van der Waals surface area contributed by atoms with Crippen LogP contribution in [0.1, 0.15) is 5.56 Å². The molecule has 0 aliphatic carbocycles. The SMILES string of the molecule is O=[N+]([O-])c1ccc(-n2cc(F)c(F)c2)cc1OCc1ccccc1. The summed E-state index contributed by atoms with van der Waals surface area (Å²) in [5, 5.41) is 11.1. The number of hydrogen-bond donors (Lipinski definition) is 0. The standard InChI is InChI=1S/C17H12F2N2O3/c18-14-9-20(10-15(14)19)13-6-7-16(21(22)23)17(8-13)24-11-12-4-2-1-3-5-12/h1-10H,11H2. The Balaban J connectivity index is 1.92. The molecule has 0 amide bonds. The smallest absolute Gasteiger partial charge is 0.311 e. The monoisotopic (exact) mass is 330 g/mol. The fourth-order valence-corrected chi connectivity index (χ4v) is 2.22. The van der Waals surface area contributed by atoms with Crippen LogP contribution >= 0.6 is 0 Å². The van der Waals surface area contributed by atoms with E-state index >= 15 is 0 Å². The lowest BCUT2D eigenvalue weighted by Gasteiger charge is -2.09. The number of nitrogens with zero attached hydrogens (tertiary/aromatic N) is 2. The van der Waals surface area contributed by atoms with E-state index in [0.29, 0.717) is 5.69 Å². The third kappa shape index (κ3) is 3.24. The molecule has 1 aromatic heterocycles. The molecule has 0 unspecified atom stereocenters. The number of hydrogen-bond acceptors (Lipinski definition) is 3. The van der Waals surface area contributed by atoms with E-state index in [-0.39, 0.29) is 18.0 Å². The second kappa shape index (κ2) is 6.49. The molecule has 0 fully saturated rings. The Morgan fingerprint density at radius 2 is 1.71 bits per heavy atom. The van der Waals surface area contributed by atoms with Gasteiger partial charge >= 0.3 is 5.69 Å². The van der Waals surface area contributed by atoms with Gasteiger partial charge in [-0.3, -0.25) is 10.1 Å². The molecule has 24 heavy (non-hydrogen) atoms. The van der Waals surface area contributed by atoms with Gasteiger partial charge < -0.3 is 9.30 Å². The molecule has 0 saturated heterocycles. The lowest BCUT2D eigenvalue weighted by molar-refractivity contribution is -0.385. The lowest BCUT2D eigenvalue weighted by Crippen LogP contribution is -2.01. The maximum atomic E-state index is 13.2. The summed E-state index contributed by atoms with van der Waals surface area (Å²) in [4.78, 5) is 10.6. The van der Waals surface area contributed by atoms with Crippen LogP contribution in [-0.2, 0) is 6.61 Å². The first kappa shape index (κ1) is 15.7. The zero-order chi connectivity index (χ0) is 17.1. The third-order valence-electron chi connectivity index (χ3n) is 3.41. The van der Waals surface area contributed by atoms with Gasteiger partial charge in [0.05, 0.1) is 4.92 Å². The first-order chi connectivity index (χ1) is 11.5. The van der Waals surface area contributed by atoms with Gasteiger partial charge in [-0.15, -0.1) is 0 Å². The van der Waals surface area contributed by atoms with Crippen molar-refractivity contribution >= 4 is 5.69 Å². The highest BCUT2D eigenvalue weighted by atomic mass is 19.2. The van der Waals surface area contributed by atoms with Crippen molar-refractivity contribution in [2.75, 3.05) is 0 Å². The van der Waals surface area contributed by atoms with Crippen LogP contribution in [0.2, 0.25) is 0 Å². The summed E-state index contributed by atoms with van der Waals surface area (Å²) in [6.45, 7) is 0.138. The fraction of sp³-hybridized carbons (Fsp3) is 0.0588. The number of halogens is 2. The number of benzene rings is 2. The summed E-state index contributed by atoms with van der Waals surface area (Å²) in [6, 6.07) is 13.2. The molecule has 0 saturated carbocycles. The largest absolute Gasteiger partial charge is 0.482 e. The van der Waals surface area contributed by atoms with E-state index in [0.717, 1.165) is 18.0 Å². The molecule has 3 aromatic rings. The van der Waals surface area contributed by atoms with E-state index in [9.17, 15) is 18.9 Å². The first-order valence-corrected chi connectivity index (χ1v) is 7.03. The zero-order valence-electron chi connectivity index (χ0n) is 12.4.